The third kappa shape index (κ3) is 6.20. The molecule has 1 unspecified atom stereocenters. The van der Waals surface area contributed by atoms with E-state index in [0.717, 1.165) is 44.9 Å². The normalized spacial score (nSPS) is 11.5. The van der Waals surface area contributed by atoms with Crippen molar-refractivity contribution < 1.29 is 9.32 Å². The molecular formula is C21H35O2P. The molecule has 0 N–H and O–H groups in total. The van der Waals surface area contributed by atoms with Crippen molar-refractivity contribution in [2.24, 2.45) is 0 Å². The molecule has 0 aliphatic heterocycles. The maximum absolute atomic E-state index is 12.2. The zero-order valence-electron chi connectivity index (χ0n) is 15.8. The van der Waals surface area contributed by atoms with Gasteiger partial charge in [0.05, 0.1) is 15.9 Å². The van der Waals surface area contributed by atoms with Crippen LogP contribution in [0.1, 0.15) is 89.7 Å². The summed E-state index contributed by atoms with van der Waals surface area (Å²) in [5, 5.41) is 0. The first-order chi connectivity index (χ1) is 11.6. The van der Waals surface area contributed by atoms with Gasteiger partial charge in [0.2, 0.25) is 0 Å². The molecule has 0 saturated carbocycles. The summed E-state index contributed by atoms with van der Waals surface area (Å²) in [5.41, 5.74) is 2.73. The van der Waals surface area contributed by atoms with E-state index in [2.05, 4.69) is 54.5 Å². The van der Waals surface area contributed by atoms with Crippen molar-refractivity contribution in [2.45, 2.75) is 90.4 Å². The maximum Gasteiger partial charge on any atom is 0.308 e. The van der Waals surface area contributed by atoms with Crippen LogP contribution in [0.3, 0.4) is 0 Å². The van der Waals surface area contributed by atoms with Crippen LogP contribution in [0.4, 0.5) is 0 Å². The Balaban J connectivity index is 3.28. The van der Waals surface area contributed by atoms with Gasteiger partial charge in [-0.1, -0.05) is 77.1 Å². The minimum absolute atomic E-state index is 0.0794. The average molecular weight is 350 g/mol. The average Bonchev–Trinajstić information content (AvgIpc) is 2.62. The summed E-state index contributed by atoms with van der Waals surface area (Å²) in [5.74, 6) is -0.113. The van der Waals surface area contributed by atoms with Gasteiger partial charge in [-0.3, -0.25) is 4.79 Å². The standard InChI is InChI=1S/C21H35O2P/c1-4-7-12-18-13-10-11-14-19(18)21(15-8-5-2,16-9-6-3)17-20(22)23-24/h10-11,13-14H,4-9,12,15-17,24H2,1-3H3. The Kier molecular flexibility index (Phi) is 10.3. The number of unbranched alkanes of at least 4 members (excludes halogenated alkanes) is 3. The molecule has 1 atom stereocenters. The van der Waals surface area contributed by atoms with E-state index in [9.17, 15) is 4.79 Å². The molecule has 0 bridgehead atoms. The van der Waals surface area contributed by atoms with Gasteiger partial charge in [0.1, 0.15) is 0 Å². The number of carbonyl (C=O) groups excluding carboxylic acids is 1. The number of rotatable bonds is 12. The lowest BCUT2D eigenvalue weighted by atomic mass is 9.68. The van der Waals surface area contributed by atoms with Gasteiger partial charge >= 0.3 is 5.97 Å². The minimum atomic E-state index is -0.113. The summed E-state index contributed by atoms with van der Waals surface area (Å²) in [7, 11) is 2.12. The fourth-order valence-corrected chi connectivity index (χ4v) is 3.72. The van der Waals surface area contributed by atoms with Gasteiger partial charge in [-0.25, -0.2) is 0 Å². The first kappa shape index (κ1) is 21.2. The largest absolute Gasteiger partial charge is 0.451 e. The molecule has 24 heavy (non-hydrogen) atoms. The highest BCUT2D eigenvalue weighted by Crippen LogP contribution is 2.41. The molecule has 2 nitrogen and oxygen atoms in total. The Morgan fingerprint density at radius 3 is 2.12 bits per heavy atom. The lowest BCUT2D eigenvalue weighted by Gasteiger charge is -2.36. The minimum Gasteiger partial charge on any atom is -0.451 e. The van der Waals surface area contributed by atoms with Crippen molar-refractivity contribution in [2.75, 3.05) is 0 Å². The van der Waals surface area contributed by atoms with Crippen molar-refractivity contribution in [3.8, 4) is 0 Å². The first-order valence-electron chi connectivity index (χ1n) is 9.61. The third-order valence-electron chi connectivity index (χ3n) is 5.02. The topological polar surface area (TPSA) is 26.3 Å². The van der Waals surface area contributed by atoms with Crippen LogP contribution in [-0.2, 0) is 21.2 Å². The van der Waals surface area contributed by atoms with Crippen molar-refractivity contribution in [3.63, 3.8) is 0 Å². The fraction of sp³-hybridized carbons (Fsp3) is 0.667. The van der Waals surface area contributed by atoms with Gasteiger partial charge in [0, 0.05) is 5.41 Å². The number of aryl methyl sites for hydroxylation is 1. The molecule has 0 aromatic heterocycles. The van der Waals surface area contributed by atoms with Crippen LogP contribution in [0.2, 0.25) is 0 Å². The zero-order valence-corrected chi connectivity index (χ0v) is 16.9. The molecule has 0 fully saturated rings. The molecule has 0 amide bonds. The van der Waals surface area contributed by atoms with Gasteiger partial charge in [-0.15, -0.1) is 0 Å². The molecule has 0 aliphatic rings. The third-order valence-corrected chi connectivity index (χ3v) is 5.28. The summed E-state index contributed by atoms with van der Waals surface area (Å²) in [6.45, 7) is 6.68. The maximum atomic E-state index is 12.2. The Morgan fingerprint density at radius 1 is 1.00 bits per heavy atom. The van der Waals surface area contributed by atoms with Crippen LogP contribution in [0.5, 0.6) is 0 Å². The van der Waals surface area contributed by atoms with E-state index >= 15 is 0 Å². The molecule has 136 valence electrons. The molecule has 0 spiro atoms. The van der Waals surface area contributed by atoms with Gasteiger partial charge < -0.3 is 4.52 Å². The van der Waals surface area contributed by atoms with E-state index in [1.165, 1.54) is 24.0 Å². The van der Waals surface area contributed by atoms with Crippen molar-refractivity contribution in [3.05, 3.63) is 35.4 Å². The van der Waals surface area contributed by atoms with E-state index < -0.39 is 0 Å². The Morgan fingerprint density at radius 2 is 1.58 bits per heavy atom. The number of hydrogen-bond acceptors (Lipinski definition) is 2. The smallest absolute Gasteiger partial charge is 0.308 e. The Labute approximate surface area is 151 Å². The van der Waals surface area contributed by atoms with Crippen molar-refractivity contribution in [1.82, 2.24) is 0 Å². The van der Waals surface area contributed by atoms with E-state index in [4.69, 9.17) is 4.52 Å². The van der Waals surface area contributed by atoms with Crippen LogP contribution < -0.4 is 0 Å². The zero-order chi connectivity index (χ0) is 17.8. The highest BCUT2D eigenvalue weighted by molar-refractivity contribution is 7.10. The van der Waals surface area contributed by atoms with E-state index in [1.807, 2.05) is 0 Å². The summed E-state index contributed by atoms with van der Waals surface area (Å²) in [4.78, 5) is 12.2. The summed E-state index contributed by atoms with van der Waals surface area (Å²) in [6.07, 6.45) is 10.7. The second-order valence-corrected chi connectivity index (χ2v) is 7.15. The highest BCUT2D eigenvalue weighted by atomic mass is 31.0. The van der Waals surface area contributed by atoms with E-state index in [1.54, 1.807) is 0 Å². The molecule has 1 rings (SSSR count). The number of benzene rings is 1. The second kappa shape index (κ2) is 11.6. The molecule has 1 aromatic rings. The molecule has 0 saturated heterocycles. The summed E-state index contributed by atoms with van der Waals surface area (Å²) in [6, 6.07) is 8.77. The molecule has 0 radical (unpaired) electrons. The number of carbonyl (C=O) groups is 1. The number of hydrogen-bond donors (Lipinski definition) is 0. The molecule has 0 aliphatic carbocycles. The van der Waals surface area contributed by atoms with Gasteiger partial charge in [-0.05, 0) is 36.8 Å². The molecule has 0 heterocycles. The van der Waals surface area contributed by atoms with Gasteiger partial charge in [0.25, 0.3) is 0 Å². The van der Waals surface area contributed by atoms with Crippen LogP contribution >= 0.6 is 9.47 Å². The second-order valence-electron chi connectivity index (χ2n) is 6.91. The van der Waals surface area contributed by atoms with Crippen LogP contribution in [0.15, 0.2) is 24.3 Å². The van der Waals surface area contributed by atoms with Gasteiger partial charge in [-0.2, -0.15) is 0 Å². The van der Waals surface area contributed by atoms with Crippen molar-refractivity contribution >= 4 is 15.4 Å². The summed E-state index contributed by atoms with van der Waals surface area (Å²) < 4.78 is 4.99. The quantitative estimate of drug-likeness (QED) is 0.409. The lowest BCUT2D eigenvalue weighted by molar-refractivity contribution is -0.134. The monoisotopic (exact) mass is 350 g/mol. The van der Waals surface area contributed by atoms with Crippen LogP contribution in [0, 0.1) is 0 Å². The summed E-state index contributed by atoms with van der Waals surface area (Å²) >= 11 is 0. The molecule has 1 aromatic carbocycles. The lowest BCUT2D eigenvalue weighted by Crippen LogP contribution is -2.31. The highest BCUT2D eigenvalue weighted by Gasteiger charge is 2.35. The van der Waals surface area contributed by atoms with Crippen LogP contribution in [0.25, 0.3) is 0 Å². The van der Waals surface area contributed by atoms with Crippen molar-refractivity contribution in [1.29, 1.82) is 0 Å². The van der Waals surface area contributed by atoms with Crippen LogP contribution in [-0.4, -0.2) is 5.97 Å². The SMILES string of the molecule is CCCCc1ccccc1C(CCCC)(CCCC)CC(=O)OP. The van der Waals surface area contributed by atoms with E-state index in [-0.39, 0.29) is 11.4 Å². The Hall–Kier alpha value is -0.880. The predicted octanol–water partition coefficient (Wildman–Crippen LogP) is 6.37. The van der Waals surface area contributed by atoms with E-state index in [0.29, 0.717) is 6.42 Å². The Bertz CT molecular complexity index is 476. The molecular weight excluding hydrogens is 315 g/mol. The predicted molar refractivity (Wildman–Crippen MR) is 106 cm³/mol. The first-order valence-corrected chi connectivity index (χ1v) is 10.1. The fourth-order valence-electron chi connectivity index (χ4n) is 3.64. The van der Waals surface area contributed by atoms with Gasteiger partial charge in [0.15, 0.2) is 0 Å². The molecule has 3 heteroatoms.